The Balaban J connectivity index is 1.56. The van der Waals surface area contributed by atoms with E-state index in [1.165, 1.54) is 16.8 Å². The molecule has 0 aromatic heterocycles. The Kier molecular flexibility index (Phi) is 6.42. The summed E-state index contributed by atoms with van der Waals surface area (Å²) in [5.74, 6) is -0.0909. The third-order valence-electron chi connectivity index (χ3n) is 4.74. The molecule has 1 saturated heterocycles. The van der Waals surface area contributed by atoms with Crippen molar-refractivity contribution in [2.45, 2.75) is 26.4 Å². The van der Waals surface area contributed by atoms with Crippen molar-refractivity contribution in [3.63, 3.8) is 0 Å². The summed E-state index contributed by atoms with van der Waals surface area (Å²) >= 11 is 0. The Labute approximate surface area is 172 Å². The molecule has 0 saturated carbocycles. The summed E-state index contributed by atoms with van der Waals surface area (Å²) in [7, 11) is 0. The fourth-order valence-electron chi connectivity index (χ4n) is 3.38. The fraction of sp³-hybridized carbons (Fsp3) is 0.391. The lowest BCUT2D eigenvalue weighted by Gasteiger charge is -2.37. The van der Waals surface area contributed by atoms with E-state index in [1.807, 2.05) is 30.3 Å². The van der Waals surface area contributed by atoms with Crippen molar-refractivity contribution >= 4 is 17.7 Å². The van der Waals surface area contributed by atoms with Crippen LogP contribution in [0.1, 0.15) is 20.8 Å². The van der Waals surface area contributed by atoms with Gasteiger partial charge in [0, 0.05) is 37.4 Å². The third-order valence-corrected chi connectivity index (χ3v) is 4.74. The Morgan fingerprint density at radius 2 is 1.55 bits per heavy atom. The van der Waals surface area contributed by atoms with E-state index in [-0.39, 0.29) is 12.5 Å². The Hall–Kier alpha value is -3.02. The molecule has 1 fully saturated rings. The van der Waals surface area contributed by atoms with E-state index in [2.05, 4.69) is 34.5 Å². The van der Waals surface area contributed by atoms with E-state index in [4.69, 9.17) is 4.74 Å². The first kappa shape index (κ1) is 20.7. The zero-order valence-corrected chi connectivity index (χ0v) is 17.4. The molecule has 0 radical (unpaired) electrons. The maximum atomic E-state index is 12.4. The highest BCUT2D eigenvalue weighted by atomic mass is 16.6. The standard InChI is InChI=1S/C23H29N3O3/c1-23(2,3)29-22(28)24-17-21(27)26-15-13-25(14-16-26)20-12-8-7-11-19(20)18-9-5-4-6-10-18/h4-12H,13-17H2,1-3H3,(H,24,28). The van der Waals surface area contributed by atoms with Crippen molar-refractivity contribution in [2.24, 2.45) is 0 Å². The van der Waals surface area contributed by atoms with Crippen molar-refractivity contribution in [1.29, 1.82) is 0 Å². The van der Waals surface area contributed by atoms with Gasteiger partial charge in [0.05, 0.1) is 0 Å². The average Bonchev–Trinajstić information content (AvgIpc) is 2.71. The van der Waals surface area contributed by atoms with Gasteiger partial charge in [-0.3, -0.25) is 4.79 Å². The lowest BCUT2D eigenvalue weighted by atomic mass is 10.0. The highest BCUT2D eigenvalue weighted by Gasteiger charge is 2.24. The minimum atomic E-state index is -0.578. The molecule has 3 rings (SSSR count). The van der Waals surface area contributed by atoms with Gasteiger partial charge in [-0.1, -0.05) is 48.5 Å². The number of nitrogens with one attached hydrogen (secondary N) is 1. The third kappa shape index (κ3) is 5.73. The highest BCUT2D eigenvalue weighted by Crippen LogP contribution is 2.31. The fourth-order valence-corrected chi connectivity index (χ4v) is 3.38. The number of nitrogens with zero attached hydrogens (tertiary/aromatic N) is 2. The van der Waals surface area contributed by atoms with E-state index in [9.17, 15) is 9.59 Å². The van der Waals surface area contributed by atoms with Crippen LogP contribution >= 0.6 is 0 Å². The summed E-state index contributed by atoms with van der Waals surface area (Å²) in [4.78, 5) is 28.3. The first-order valence-corrected chi connectivity index (χ1v) is 9.97. The predicted octanol–water partition coefficient (Wildman–Crippen LogP) is 3.53. The van der Waals surface area contributed by atoms with E-state index >= 15 is 0 Å². The topological polar surface area (TPSA) is 61.9 Å². The normalized spacial score (nSPS) is 14.4. The van der Waals surface area contributed by atoms with Gasteiger partial charge in [-0.2, -0.15) is 0 Å². The van der Waals surface area contributed by atoms with E-state index in [1.54, 1.807) is 25.7 Å². The lowest BCUT2D eigenvalue weighted by Crippen LogP contribution is -2.51. The number of carbonyl (C=O) groups excluding carboxylic acids is 2. The number of para-hydroxylation sites is 1. The molecule has 6 heteroatoms. The highest BCUT2D eigenvalue weighted by molar-refractivity contribution is 5.83. The second-order valence-electron chi connectivity index (χ2n) is 8.11. The maximum absolute atomic E-state index is 12.4. The van der Waals surface area contributed by atoms with Crippen LogP contribution < -0.4 is 10.2 Å². The SMILES string of the molecule is CC(C)(C)OC(=O)NCC(=O)N1CCN(c2ccccc2-c2ccccc2)CC1. The van der Waals surface area contributed by atoms with E-state index < -0.39 is 11.7 Å². The smallest absolute Gasteiger partial charge is 0.408 e. The molecule has 154 valence electrons. The van der Waals surface area contributed by atoms with Crippen LogP contribution in [0.5, 0.6) is 0 Å². The van der Waals surface area contributed by atoms with E-state index in [0.29, 0.717) is 13.1 Å². The quantitative estimate of drug-likeness (QED) is 0.860. The van der Waals surface area contributed by atoms with Gasteiger partial charge in [-0.05, 0) is 32.4 Å². The molecule has 0 atom stereocenters. The van der Waals surface area contributed by atoms with Gasteiger partial charge in [0.25, 0.3) is 0 Å². The van der Waals surface area contributed by atoms with Crippen LogP contribution in [0.25, 0.3) is 11.1 Å². The number of benzene rings is 2. The van der Waals surface area contributed by atoms with E-state index in [0.717, 1.165) is 13.1 Å². The number of alkyl carbamates (subject to hydrolysis) is 1. The molecule has 2 aromatic carbocycles. The Bertz CT molecular complexity index is 838. The van der Waals surface area contributed by atoms with Crippen molar-refractivity contribution < 1.29 is 14.3 Å². The van der Waals surface area contributed by atoms with Crippen molar-refractivity contribution in [1.82, 2.24) is 10.2 Å². The molecule has 1 heterocycles. The second kappa shape index (κ2) is 8.99. The number of hydrogen-bond acceptors (Lipinski definition) is 4. The average molecular weight is 396 g/mol. The summed E-state index contributed by atoms with van der Waals surface area (Å²) in [5, 5.41) is 2.54. The first-order chi connectivity index (χ1) is 13.8. The minimum absolute atomic E-state index is 0.0461. The van der Waals surface area contributed by atoms with Gasteiger partial charge >= 0.3 is 6.09 Å². The summed E-state index contributed by atoms with van der Waals surface area (Å²) < 4.78 is 5.18. The molecule has 1 aliphatic heterocycles. The van der Waals surface area contributed by atoms with Crippen LogP contribution in [0.15, 0.2) is 54.6 Å². The van der Waals surface area contributed by atoms with Crippen LogP contribution in [0.4, 0.5) is 10.5 Å². The molecule has 0 unspecified atom stereocenters. The van der Waals surface area contributed by atoms with Gasteiger partial charge in [0.1, 0.15) is 12.1 Å². The first-order valence-electron chi connectivity index (χ1n) is 9.97. The van der Waals surface area contributed by atoms with Crippen molar-refractivity contribution in [2.75, 3.05) is 37.6 Å². The molecule has 29 heavy (non-hydrogen) atoms. The molecule has 2 amide bonds. The zero-order chi connectivity index (χ0) is 20.9. The molecular weight excluding hydrogens is 366 g/mol. The zero-order valence-electron chi connectivity index (χ0n) is 17.4. The minimum Gasteiger partial charge on any atom is -0.444 e. The number of ether oxygens (including phenoxy) is 1. The molecular formula is C23H29N3O3. The Morgan fingerprint density at radius 3 is 2.21 bits per heavy atom. The maximum Gasteiger partial charge on any atom is 0.408 e. The van der Waals surface area contributed by atoms with Gasteiger partial charge in [0.15, 0.2) is 0 Å². The van der Waals surface area contributed by atoms with Gasteiger partial charge < -0.3 is 19.9 Å². The van der Waals surface area contributed by atoms with Crippen molar-refractivity contribution in [3.8, 4) is 11.1 Å². The van der Waals surface area contributed by atoms with Crippen molar-refractivity contribution in [3.05, 3.63) is 54.6 Å². The van der Waals surface area contributed by atoms with Crippen LogP contribution in [-0.2, 0) is 9.53 Å². The number of piperazine rings is 1. The summed E-state index contributed by atoms with van der Waals surface area (Å²) in [6, 6.07) is 18.7. The van der Waals surface area contributed by atoms with Crippen LogP contribution in [0, 0.1) is 0 Å². The van der Waals surface area contributed by atoms with Gasteiger partial charge in [0.2, 0.25) is 5.91 Å². The Morgan fingerprint density at radius 1 is 0.931 bits per heavy atom. The second-order valence-corrected chi connectivity index (χ2v) is 8.11. The number of hydrogen-bond donors (Lipinski definition) is 1. The number of carbonyl (C=O) groups is 2. The summed E-state index contributed by atoms with van der Waals surface area (Å²) in [6.07, 6.45) is -0.568. The largest absolute Gasteiger partial charge is 0.444 e. The molecule has 1 aliphatic rings. The molecule has 6 nitrogen and oxygen atoms in total. The summed E-state index contributed by atoms with van der Waals surface area (Å²) in [6.45, 7) is 8.08. The molecule has 0 spiro atoms. The molecule has 0 bridgehead atoms. The van der Waals surface area contributed by atoms with Crippen LogP contribution in [0.3, 0.4) is 0 Å². The van der Waals surface area contributed by atoms with Gasteiger partial charge in [-0.15, -0.1) is 0 Å². The molecule has 0 aliphatic carbocycles. The van der Waals surface area contributed by atoms with Crippen LogP contribution in [-0.4, -0.2) is 55.2 Å². The molecule has 1 N–H and O–H groups in total. The number of rotatable bonds is 4. The number of anilines is 1. The molecule has 2 aromatic rings. The van der Waals surface area contributed by atoms with Gasteiger partial charge in [-0.25, -0.2) is 4.79 Å². The predicted molar refractivity (Wildman–Crippen MR) is 115 cm³/mol. The number of amides is 2. The summed E-state index contributed by atoms with van der Waals surface area (Å²) in [5.41, 5.74) is 2.98. The monoisotopic (exact) mass is 395 g/mol. The van der Waals surface area contributed by atoms with Crippen LogP contribution in [0.2, 0.25) is 0 Å². The lowest BCUT2D eigenvalue weighted by molar-refractivity contribution is -0.130.